The molecule has 1 heterocycles. The van der Waals surface area contributed by atoms with Gasteiger partial charge in [0.1, 0.15) is 0 Å². The Morgan fingerprint density at radius 1 is 0.923 bits per heavy atom. The van der Waals surface area contributed by atoms with Gasteiger partial charge in [-0.25, -0.2) is 0 Å². The summed E-state index contributed by atoms with van der Waals surface area (Å²) in [6.07, 6.45) is 0.431. The molecule has 138 valence electrons. The summed E-state index contributed by atoms with van der Waals surface area (Å²) in [6.45, 7) is 9.11. The van der Waals surface area contributed by atoms with Crippen LogP contribution in [0.5, 0.6) is 0 Å². The van der Waals surface area contributed by atoms with E-state index in [2.05, 4.69) is 72.4 Å². The van der Waals surface area contributed by atoms with Crippen LogP contribution < -0.4 is 10.2 Å². The fraction of sp³-hybridized carbons (Fsp3) is 0.409. The minimum absolute atomic E-state index is 0.0661. The molecule has 0 aromatic heterocycles. The van der Waals surface area contributed by atoms with Crippen LogP contribution in [0.4, 0.5) is 5.69 Å². The van der Waals surface area contributed by atoms with Crippen LogP contribution in [-0.2, 0) is 17.8 Å². The third-order valence-electron chi connectivity index (χ3n) is 5.23. The Hall–Kier alpha value is -2.33. The van der Waals surface area contributed by atoms with E-state index in [1.54, 1.807) is 0 Å². The largest absolute Gasteiger partial charge is 0.369 e. The SMILES string of the molecule is Cc1ccc(CC(=O)NCc2ccc(N3CCN(C)CC3)cc2)cc1C. The highest BCUT2D eigenvalue weighted by Gasteiger charge is 2.14. The van der Waals surface area contributed by atoms with E-state index in [1.807, 2.05) is 6.07 Å². The number of amides is 1. The first kappa shape index (κ1) is 18.5. The van der Waals surface area contributed by atoms with Crippen LogP contribution >= 0.6 is 0 Å². The second kappa shape index (κ2) is 8.37. The number of carbonyl (C=O) groups is 1. The molecule has 1 amide bonds. The molecule has 1 aliphatic rings. The van der Waals surface area contributed by atoms with Crippen LogP contribution in [-0.4, -0.2) is 44.0 Å². The van der Waals surface area contributed by atoms with Crippen molar-refractivity contribution in [2.24, 2.45) is 0 Å². The number of hydrogen-bond acceptors (Lipinski definition) is 3. The fourth-order valence-corrected chi connectivity index (χ4v) is 3.25. The number of rotatable bonds is 5. The third-order valence-corrected chi connectivity index (χ3v) is 5.23. The summed E-state index contributed by atoms with van der Waals surface area (Å²) >= 11 is 0. The Bertz CT molecular complexity index is 746. The van der Waals surface area contributed by atoms with E-state index in [0.717, 1.165) is 37.3 Å². The van der Waals surface area contributed by atoms with Crippen LogP contribution in [0, 0.1) is 13.8 Å². The van der Waals surface area contributed by atoms with E-state index in [4.69, 9.17) is 0 Å². The number of hydrogen-bond donors (Lipinski definition) is 1. The Morgan fingerprint density at radius 2 is 1.58 bits per heavy atom. The molecule has 0 radical (unpaired) electrons. The van der Waals surface area contributed by atoms with E-state index < -0.39 is 0 Å². The lowest BCUT2D eigenvalue weighted by Crippen LogP contribution is -2.44. The van der Waals surface area contributed by atoms with Crippen molar-refractivity contribution in [3.05, 3.63) is 64.7 Å². The third kappa shape index (κ3) is 4.85. The molecule has 1 N–H and O–H groups in total. The van der Waals surface area contributed by atoms with Gasteiger partial charge in [-0.2, -0.15) is 0 Å². The number of nitrogens with zero attached hydrogens (tertiary/aromatic N) is 2. The van der Waals surface area contributed by atoms with Gasteiger partial charge in [0.2, 0.25) is 5.91 Å². The van der Waals surface area contributed by atoms with Gasteiger partial charge in [0.25, 0.3) is 0 Å². The molecular weight excluding hydrogens is 322 g/mol. The van der Waals surface area contributed by atoms with Gasteiger partial charge in [0, 0.05) is 38.4 Å². The average molecular weight is 351 g/mol. The summed E-state index contributed by atoms with van der Waals surface area (Å²) in [6, 6.07) is 14.8. The maximum atomic E-state index is 12.2. The number of piperazine rings is 1. The predicted octanol–water partition coefficient (Wildman–Crippen LogP) is 2.91. The van der Waals surface area contributed by atoms with Crippen molar-refractivity contribution in [3.63, 3.8) is 0 Å². The highest BCUT2D eigenvalue weighted by molar-refractivity contribution is 5.78. The summed E-state index contributed by atoms with van der Waals surface area (Å²) < 4.78 is 0. The predicted molar refractivity (Wildman–Crippen MR) is 108 cm³/mol. The lowest BCUT2D eigenvalue weighted by atomic mass is 10.0. The van der Waals surface area contributed by atoms with Crippen molar-refractivity contribution in [2.75, 3.05) is 38.1 Å². The van der Waals surface area contributed by atoms with Gasteiger partial charge in [0.15, 0.2) is 0 Å². The molecule has 0 spiro atoms. The summed E-state index contributed by atoms with van der Waals surface area (Å²) in [5, 5.41) is 3.03. The van der Waals surface area contributed by atoms with Gasteiger partial charge in [-0.05, 0) is 55.3 Å². The Labute approximate surface area is 156 Å². The summed E-state index contributed by atoms with van der Waals surface area (Å²) in [5.41, 5.74) is 5.96. The van der Waals surface area contributed by atoms with E-state index in [-0.39, 0.29) is 5.91 Å². The molecule has 4 nitrogen and oxygen atoms in total. The molecule has 26 heavy (non-hydrogen) atoms. The smallest absolute Gasteiger partial charge is 0.224 e. The standard InChI is InChI=1S/C22H29N3O/c1-17-4-5-20(14-18(17)2)15-22(26)23-16-19-6-8-21(9-7-19)25-12-10-24(3)11-13-25/h4-9,14H,10-13,15-16H2,1-3H3,(H,23,26). The minimum atomic E-state index is 0.0661. The monoisotopic (exact) mass is 351 g/mol. The molecule has 0 aliphatic carbocycles. The molecule has 2 aromatic rings. The molecule has 0 unspecified atom stereocenters. The number of aryl methyl sites for hydroxylation is 2. The molecule has 3 rings (SSSR count). The second-order valence-electron chi connectivity index (χ2n) is 7.33. The highest BCUT2D eigenvalue weighted by atomic mass is 16.1. The Kier molecular flexibility index (Phi) is 5.94. The number of likely N-dealkylation sites (N-methyl/N-ethyl adjacent to an activating group) is 1. The summed E-state index contributed by atoms with van der Waals surface area (Å²) in [4.78, 5) is 17.0. The maximum Gasteiger partial charge on any atom is 0.224 e. The van der Waals surface area contributed by atoms with E-state index in [0.29, 0.717) is 13.0 Å². The molecule has 4 heteroatoms. The minimum Gasteiger partial charge on any atom is -0.369 e. The van der Waals surface area contributed by atoms with Crippen LogP contribution in [0.3, 0.4) is 0 Å². The van der Waals surface area contributed by atoms with Crippen molar-refractivity contribution in [1.82, 2.24) is 10.2 Å². The molecule has 1 fully saturated rings. The quantitative estimate of drug-likeness (QED) is 0.900. The second-order valence-corrected chi connectivity index (χ2v) is 7.33. The fourth-order valence-electron chi connectivity index (χ4n) is 3.25. The summed E-state index contributed by atoms with van der Waals surface area (Å²) in [5.74, 6) is 0.0661. The normalized spacial score (nSPS) is 15.1. The average Bonchev–Trinajstić information content (AvgIpc) is 2.64. The molecule has 1 saturated heterocycles. The first-order chi connectivity index (χ1) is 12.5. The Balaban J connectivity index is 1.49. The Morgan fingerprint density at radius 3 is 2.23 bits per heavy atom. The van der Waals surface area contributed by atoms with Crippen LogP contribution in [0.15, 0.2) is 42.5 Å². The molecule has 0 atom stereocenters. The van der Waals surface area contributed by atoms with Gasteiger partial charge in [0.05, 0.1) is 6.42 Å². The van der Waals surface area contributed by atoms with Gasteiger partial charge in [-0.1, -0.05) is 30.3 Å². The van der Waals surface area contributed by atoms with Crippen LogP contribution in [0.25, 0.3) is 0 Å². The van der Waals surface area contributed by atoms with E-state index in [1.165, 1.54) is 16.8 Å². The molecule has 0 bridgehead atoms. The topological polar surface area (TPSA) is 35.6 Å². The van der Waals surface area contributed by atoms with E-state index in [9.17, 15) is 4.79 Å². The first-order valence-electron chi connectivity index (χ1n) is 9.36. The number of benzene rings is 2. The zero-order chi connectivity index (χ0) is 18.5. The lowest BCUT2D eigenvalue weighted by Gasteiger charge is -2.34. The lowest BCUT2D eigenvalue weighted by molar-refractivity contribution is -0.120. The molecule has 0 saturated carbocycles. The first-order valence-corrected chi connectivity index (χ1v) is 9.36. The van der Waals surface area contributed by atoms with Crippen LogP contribution in [0.1, 0.15) is 22.3 Å². The number of nitrogens with one attached hydrogen (secondary N) is 1. The highest BCUT2D eigenvalue weighted by Crippen LogP contribution is 2.17. The van der Waals surface area contributed by atoms with Crippen molar-refractivity contribution in [2.45, 2.75) is 26.8 Å². The molecule has 2 aromatic carbocycles. The van der Waals surface area contributed by atoms with Crippen molar-refractivity contribution in [1.29, 1.82) is 0 Å². The molecule has 1 aliphatic heterocycles. The van der Waals surface area contributed by atoms with Gasteiger partial charge in [-0.3, -0.25) is 4.79 Å². The van der Waals surface area contributed by atoms with Crippen molar-refractivity contribution >= 4 is 11.6 Å². The number of anilines is 1. The zero-order valence-electron chi connectivity index (χ0n) is 16.1. The van der Waals surface area contributed by atoms with Crippen LogP contribution in [0.2, 0.25) is 0 Å². The van der Waals surface area contributed by atoms with Crippen molar-refractivity contribution < 1.29 is 4.79 Å². The zero-order valence-corrected chi connectivity index (χ0v) is 16.1. The van der Waals surface area contributed by atoms with E-state index >= 15 is 0 Å². The number of carbonyl (C=O) groups excluding carboxylic acids is 1. The van der Waals surface area contributed by atoms with Gasteiger partial charge >= 0.3 is 0 Å². The van der Waals surface area contributed by atoms with Gasteiger partial charge in [-0.15, -0.1) is 0 Å². The van der Waals surface area contributed by atoms with Gasteiger partial charge < -0.3 is 15.1 Å². The molecular formula is C22H29N3O. The summed E-state index contributed by atoms with van der Waals surface area (Å²) in [7, 11) is 2.17. The van der Waals surface area contributed by atoms with Crippen molar-refractivity contribution in [3.8, 4) is 0 Å². The maximum absolute atomic E-state index is 12.2.